The zero-order chi connectivity index (χ0) is 28.7. The van der Waals surface area contributed by atoms with Crippen molar-refractivity contribution in [2.75, 3.05) is 4.72 Å². The van der Waals surface area contributed by atoms with Crippen LogP contribution >= 0.6 is 11.6 Å². The Morgan fingerprint density at radius 1 is 0.927 bits per heavy atom. The first-order valence-electron chi connectivity index (χ1n) is 12.3. The van der Waals surface area contributed by atoms with Crippen LogP contribution in [0.2, 0.25) is 5.02 Å². The highest BCUT2D eigenvalue weighted by Crippen LogP contribution is 2.26. The summed E-state index contributed by atoms with van der Waals surface area (Å²) >= 11 is 6.07. The fourth-order valence-electron chi connectivity index (χ4n) is 4.36. The van der Waals surface area contributed by atoms with Gasteiger partial charge in [0.1, 0.15) is 5.82 Å². The van der Waals surface area contributed by atoms with Crippen LogP contribution < -0.4 is 20.1 Å². The van der Waals surface area contributed by atoms with Gasteiger partial charge in [-0.3, -0.25) is 14.1 Å². The molecule has 0 aliphatic rings. The van der Waals surface area contributed by atoms with E-state index in [0.29, 0.717) is 38.7 Å². The van der Waals surface area contributed by atoms with Gasteiger partial charge in [-0.1, -0.05) is 41.4 Å². The molecular weight excluding hydrogens is 566 g/mol. The van der Waals surface area contributed by atoms with Crippen molar-refractivity contribution in [3.8, 4) is 28.7 Å². The lowest BCUT2D eigenvalue weighted by molar-refractivity contribution is -0.706. The summed E-state index contributed by atoms with van der Waals surface area (Å²) in [5, 5.41) is 16.3. The molecule has 0 saturated heterocycles. The van der Waals surface area contributed by atoms with E-state index in [1.807, 2.05) is 6.92 Å². The number of hydrogen-bond acceptors (Lipinski definition) is 7. The Balaban J connectivity index is 1.39. The van der Waals surface area contributed by atoms with Gasteiger partial charge in [0.15, 0.2) is 5.95 Å². The average molecular weight is 586 g/mol. The number of anilines is 1. The molecule has 204 valence electrons. The minimum Gasteiger partial charge on any atom is -0.538 e. The molecule has 4 aromatic carbocycles. The SMILES string of the molecule is Cc1ccc(-[n+]2noc([O-])c2S(=O)(=O)Nc2ccc(-n3c(-c4ccc(Cl)cc4)nc4ccccc4c3=O)cc2)cc1. The minimum atomic E-state index is -4.41. The number of nitrogens with zero attached hydrogens (tertiary/aromatic N) is 4. The predicted octanol–water partition coefficient (Wildman–Crippen LogP) is 4.15. The number of aromatic nitrogens is 4. The van der Waals surface area contributed by atoms with Crippen LogP contribution in [0.4, 0.5) is 5.69 Å². The number of hydrogen-bond donors (Lipinski definition) is 1. The molecule has 10 nitrogen and oxygen atoms in total. The predicted molar refractivity (Wildman–Crippen MR) is 151 cm³/mol. The zero-order valence-electron chi connectivity index (χ0n) is 21.4. The van der Waals surface area contributed by atoms with E-state index in [9.17, 15) is 18.3 Å². The number of para-hydroxylation sites is 1. The number of rotatable bonds is 6. The summed E-state index contributed by atoms with van der Waals surface area (Å²) in [6.45, 7) is 1.87. The highest BCUT2D eigenvalue weighted by Gasteiger charge is 2.33. The fraction of sp³-hybridized carbons (Fsp3) is 0.0345. The van der Waals surface area contributed by atoms with E-state index in [1.54, 1.807) is 84.9 Å². The van der Waals surface area contributed by atoms with Crippen LogP contribution in [0, 0.1) is 6.92 Å². The minimum absolute atomic E-state index is 0.152. The summed E-state index contributed by atoms with van der Waals surface area (Å²) < 4.78 is 36.0. The molecule has 0 saturated carbocycles. The highest BCUT2D eigenvalue weighted by atomic mass is 35.5. The molecule has 1 N–H and O–H groups in total. The van der Waals surface area contributed by atoms with E-state index >= 15 is 0 Å². The molecule has 0 spiro atoms. The Labute approximate surface area is 238 Å². The van der Waals surface area contributed by atoms with Crippen molar-refractivity contribution in [3.05, 3.63) is 118 Å². The van der Waals surface area contributed by atoms with Crippen LogP contribution in [0.25, 0.3) is 33.7 Å². The third kappa shape index (κ3) is 4.92. The van der Waals surface area contributed by atoms with E-state index < -0.39 is 21.0 Å². The Morgan fingerprint density at radius 2 is 1.61 bits per heavy atom. The largest absolute Gasteiger partial charge is 0.538 e. The van der Waals surface area contributed by atoms with Crippen molar-refractivity contribution >= 4 is 38.2 Å². The third-order valence-electron chi connectivity index (χ3n) is 6.36. The maximum atomic E-state index is 13.6. The van der Waals surface area contributed by atoms with Crippen molar-refractivity contribution in [1.29, 1.82) is 0 Å². The van der Waals surface area contributed by atoms with Gasteiger partial charge >= 0.3 is 15.0 Å². The van der Waals surface area contributed by atoms with Crippen molar-refractivity contribution in [2.45, 2.75) is 11.9 Å². The lowest BCUT2D eigenvalue weighted by Crippen LogP contribution is -2.40. The second-order valence-corrected chi connectivity index (χ2v) is 11.2. The molecule has 6 rings (SSSR count). The summed E-state index contributed by atoms with van der Waals surface area (Å²) in [5.74, 6) is -0.727. The molecular formula is C29H20ClN5O5S. The second kappa shape index (κ2) is 10.2. The van der Waals surface area contributed by atoms with Gasteiger partial charge in [0, 0.05) is 28.4 Å². The standard InChI is InChI=1S/C29H20ClN5O5S/c1-18-6-14-23(15-7-18)35-28(29(37)40-33-35)41(38,39)32-21-12-16-22(17-13-21)34-26(19-8-10-20(30)11-9-19)31-25-5-3-2-4-24(25)27(34)36/h2-17,32H,1H3. The van der Waals surface area contributed by atoms with E-state index in [-0.39, 0.29) is 11.2 Å². The van der Waals surface area contributed by atoms with Crippen LogP contribution in [0.3, 0.4) is 0 Å². The van der Waals surface area contributed by atoms with Gasteiger partial charge in [0.05, 0.1) is 21.9 Å². The summed E-state index contributed by atoms with van der Waals surface area (Å²) in [6, 6.07) is 26.8. The van der Waals surface area contributed by atoms with Crippen molar-refractivity contribution in [3.63, 3.8) is 0 Å². The Hall–Kier alpha value is -5.00. The van der Waals surface area contributed by atoms with Crippen molar-refractivity contribution in [1.82, 2.24) is 14.8 Å². The van der Waals surface area contributed by atoms with Crippen LogP contribution in [-0.4, -0.2) is 23.2 Å². The number of sulfonamides is 1. The molecule has 12 heteroatoms. The molecule has 6 aromatic rings. The molecule has 0 amide bonds. The van der Waals surface area contributed by atoms with Crippen molar-refractivity contribution < 1.29 is 22.7 Å². The molecule has 41 heavy (non-hydrogen) atoms. The summed E-state index contributed by atoms with van der Waals surface area (Å²) in [5.41, 5.74) is 2.79. The van der Waals surface area contributed by atoms with E-state index in [4.69, 9.17) is 16.6 Å². The van der Waals surface area contributed by atoms with Gasteiger partial charge in [-0.25, -0.2) is 4.98 Å². The lowest BCUT2D eigenvalue weighted by atomic mass is 10.1. The Bertz CT molecular complexity index is 2070. The highest BCUT2D eigenvalue weighted by molar-refractivity contribution is 7.92. The van der Waals surface area contributed by atoms with Gasteiger partial charge in [-0.15, -0.1) is 0 Å². The normalized spacial score (nSPS) is 11.6. The first kappa shape index (κ1) is 26.2. The lowest BCUT2D eigenvalue weighted by Gasteiger charge is -2.15. The smallest absolute Gasteiger partial charge is 0.373 e. The molecule has 0 aliphatic carbocycles. The van der Waals surface area contributed by atoms with Crippen LogP contribution in [-0.2, 0) is 10.0 Å². The molecule has 0 bridgehead atoms. The monoisotopic (exact) mass is 585 g/mol. The topological polar surface area (TPSA) is 134 Å². The average Bonchev–Trinajstić information content (AvgIpc) is 3.36. The van der Waals surface area contributed by atoms with E-state index in [1.165, 1.54) is 16.7 Å². The van der Waals surface area contributed by atoms with Crippen molar-refractivity contribution in [2.24, 2.45) is 0 Å². The molecule has 0 atom stereocenters. The fourth-order valence-corrected chi connectivity index (χ4v) is 5.65. The maximum Gasteiger partial charge on any atom is 0.373 e. The number of nitrogens with one attached hydrogen (secondary N) is 1. The molecule has 0 unspecified atom stereocenters. The summed E-state index contributed by atoms with van der Waals surface area (Å²) in [4.78, 5) is 18.4. The van der Waals surface area contributed by atoms with E-state index in [0.717, 1.165) is 10.2 Å². The maximum absolute atomic E-state index is 13.6. The zero-order valence-corrected chi connectivity index (χ0v) is 22.9. The number of aryl methyl sites for hydroxylation is 1. The van der Waals surface area contributed by atoms with Gasteiger partial charge in [-0.2, -0.15) is 8.42 Å². The van der Waals surface area contributed by atoms with Crippen LogP contribution in [0.15, 0.2) is 111 Å². The summed E-state index contributed by atoms with van der Waals surface area (Å²) in [7, 11) is -4.41. The Kier molecular flexibility index (Phi) is 6.52. The molecule has 0 radical (unpaired) electrons. The molecule has 0 aliphatic heterocycles. The van der Waals surface area contributed by atoms with Gasteiger partial charge in [0.25, 0.3) is 5.56 Å². The first-order valence-corrected chi connectivity index (χ1v) is 14.1. The summed E-state index contributed by atoms with van der Waals surface area (Å²) in [6.07, 6.45) is 0. The Morgan fingerprint density at radius 3 is 2.32 bits per heavy atom. The third-order valence-corrected chi connectivity index (χ3v) is 7.97. The van der Waals surface area contributed by atoms with Gasteiger partial charge in [-0.05, 0) is 72.3 Å². The van der Waals surface area contributed by atoms with Crippen LogP contribution in [0.1, 0.15) is 5.56 Å². The molecule has 2 aromatic heterocycles. The van der Waals surface area contributed by atoms with E-state index in [2.05, 4.69) is 14.5 Å². The number of halogens is 1. The first-order chi connectivity index (χ1) is 19.7. The quantitative estimate of drug-likeness (QED) is 0.290. The van der Waals surface area contributed by atoms with Gasteiger partial charge in [0.2, 0.25) is 5.69 Å². The molecule has 0 fully saturated rings. The van der Waals surface area contributed by atoms with Gasteiger partial charge < -0.3 is 9.63 Å². The number of fused-ring (bicyclic) bond motifs is 1. The van der Waals surface area contributed by atoms with Crippen LogP contribution in [0.5, 0.6) is 5.95 Å². The molecule has 2 heterocycles. The second-order valence-electron chi connectivity index (χ2n) is 9.17. The number of benzene rings is 4.